The predicted molar refractivity (Wildman–Crippen MR) is 44.7 cm³/mol. The molecule has 12 heteroatoms. The monoisotopic (exact) mass is 262 g/mol. The van der Waals surface area contributed by atoms with Gasteiger partial charge in [-0.15, -0.1) is 0 Å². The highest BCUT2D eigenvalue weighted by Crippen LogP contribution is 2.45. The van der Waals surface area contributed by atoms with Gasteiger partial charge in [0.25, 0.3) is 0 Å². The third-order valence-corrected chi connectivity index (χ3v) is 3.22. The first-order valence-electron chi connectivity index (χ1n) is 5.05. The van der Waals surface area contributed by atoms with Crippen molar-refractivity contribution >= 4 is 0 Å². The van der Waals surface area contributed by atoms with Crippen LogP contribution >= 0.6 is 0 Å². The lowest BCUT2D eigenvalue weighted by Crippen LogP contribution is -2.69. The fourth-order valence-electron chi connectivity index (χ4n) is 2.57. The first-order valence-corrected chi connectivity index (χ1v) is 5.05. The highest BCUT2D eigenvalue weighted by Gasteiger charge is 2.72. The van der Waals surface area contributed by atoms with Crippen LogP contribution in [0.4, 0.5) is 0 Å². The van der Waals surface area contributed by atoms with Crippen LogP contribution in [0.15, 0.2) is 0 Å². The van der Waals surface area contributed by atoms with E-state index < -0.39 is 47.6 Å². The van der Waals surface area contributed by atoms with E-state index >= 15 is 0 Å². The lowest BCUT2D eigenvalue weighted by atomic mass is 10.3. The van der Waals surface area contributed by atoms with Gasteiger partial charge in [0, 0.05) is 0 Å². The van der Waals surface area contributed by atoms with Crippen LogP contribution in [0, 0.1) is 20.2 Å². The Morgan fingerprint density at radius 3 is 1.22 bits per heavy atom. The molecule has 2 unspecified atom stereocenters. The van der Waals surface area contributed by atoms with E-state index in [0.29, 0.717) is 10.0 Å². The first kappa shape index (κ1) is 10.2. The highest BCUT2D eigenvalue weighted by molar-refractivity contribution is 4.92. The van der Waals surface area contributed by atoms with Gasteiger partial charge < -0.3 is 18.9 Å². The Bertz CT molecular complexity index is 381. The summed E-state index contributed by atoms with van der Waals surface area (Å²) in [7, 11) is 0. The first-order chi connectivity index (χ1) is 8.58. The molecule has 0 saturated carbocycles. The van der Waals surface area contributed by atoms with Crippen LogP contribution in [-0.4, -0.2) is 57.6 Å². The minimum atomic E-state index is -1.19. The minimum absolute atomic E-state index is 0.655. The van der Waals surface area contributed by atoms with Gasteiger partial charge in [-0.1, -0.05) is 10.0 Å². The fraction of sp³-hybridized carbons (Fsp3) is 1.00. The van der Waals surface area contributed by atoms with Gasteiger partial charge in [0.2, 0.25) is 37.5 Å². The fourth-order valence-corrected chi connectivity index (χ4v) is 2.57. The molecular weight excluding hydrogens is 256 g/mol. The lowest BCUT2D eigenvalue weighted by molar-refractivity contribution is -0.747. The summed E-state index contributed by atoms with van der Waals surface area (Å²) in [6, 6.07) is 0. The maximum Gasteiger partial charge on any atom is 0.243 e. The molecule has 0 amide bonds. The van der Waals surface area contributed by atoms with Crippen LogP contribution in [0.3, 0.4) is 0 Å². The van der Waals surface area contributed by atoms with Crippen LogP contribution in [0.25, 0.3) is 0 Å². The number of hydrazine groups is 2. The van der Waals surface area contributed by atoms with E-state index in [0.717, 1.165) is 0 Å². The molecule has 0 aromatic carbocycles. The van der Waals surface area contributed by atoms with Gasteiger partial charge in [0.05, 0.1) is 0 Å². The van der Waals surface area contributed by atoms with E-state index in [2.05, 4.69) is 0 Å². The minimum Gasteiger partial charge on any atom is -0.314 e. The zero-order valence-corrected chi connectivity index (χ0v) is 8.52. The second-order valence-corrected chi connectivity index (χ2v) is 4.08. The Morgan fingerprint density at radius 1 is 0.722 bits per heavy atom. The zero-order valence-electron chi connectivity index (χ0n) is 8.52. The second kappa shape index (κ2) is 2.97. The van der Waals surface area contributed by atoms with Crippen molar-refractivity contribution in [2.45, 2.75) is 37.5 Å². The number of ether oxygens (including phenoxy) is 4. The quantitative estimate of drug-likeness (QED) is 0.408. The maximum absolute atomic E-state index is 11.0. The van der Waals surface area contributed by atoms with Crippen molar-refractivity contribution in [2.75, 3.05) is 0 Å². The SMILES string of the molecule is O=[N+]([O-])N1[C@@H]2OC3O[C@@H]2N([N+](=O)[O-])[C@H]2OC3O[C@@H]21. The standard InChI is InChI=1S/C6H6N4O8/c11-9(12)7-1-2-8(10(13)14)4-3(7)17-6(18-4)5(15-1)16-2/h1-6H/t1-,2-,3-,4+,5?,6?/m0/s1. The third-order valence-electron chi connectivity index (χ3n) is 3.22. The summed E-state index contributed by atoms with van der Waals surface area (Å²) in [5.74, 6) is 0. The van der Waals surface area contributed by atoms with Crippen LogP contribution < -0.4 is 0 Å². The van der Waals surface area contributed by atoms with Crippen molar-refractivity contribution in [3.63, 3.8) is 0 Å². The van der Waals surface area contributed by atoms with Crippen LogP contribution in [0.1, 0.15) is 0 Å². The van der Waals surface area contributed by atoms with E-state index in [1.54, 1.807) is 0 Å². The molecule has 5 fully saturated rings. The molecule has 5 heterocycles. The summed E-state index contributed by atoms with van der Waals surface area (Å²) in [6.45, 7) is 0. The van der Waals surface area contributed by atoms with Crippen molar-refractivity contribution in [1.29, 1.82) is 0 Å². The van der Waals surface area contributed by atoms with E-state index in [4.69, 9.17) is 18.9 Å². The average Bonchev–Trinajstić information content (AvgIpc) is 2.76. The average molecular weight is 262 g/mol. The smallest absolute Gasteiger partial charge is 0.243 e. The number of nitro groups is 2. The van der Waals surface area contributed by atoms with Gasteiger partial charge in [0.1, 0.15) is 0 Å². The third kappa shape index (κ3) is 0.989. The zero-order chi connectivity index (χ0) is 12.6. The second-order valence-electron chi connectivity index (χ2n) is 4.08. The number of piperazine rings is 1. The van der Waals surface area contributed by atoms with Crippen molar-refractivity contribution in [3.8, 4) is 0 Å². The van der Waals surface area contributed by atoms with Crippen LogP contribution in [0.5, 0.6) is 0 Å². The Hall–Kier alpha value is -1.76. The summed E-state index contributed by atoms with van der Waals surface area (Å²) < 4.78 is 20.9. The predicted octanol–water partition coefficient (Wildman–Crippen LogP) is -1.95. The van der Waals surface area contributed by atoms with Gasteiger partial charge >= 0.3 is 0 Å². The van der Waals surface area contributed by atoms with Crippen LogP contribution in [-0.2, 0) is 18.9 Å². The normalized spacial score (nSPS) is 47.8. The van der Waals surface area contributed by atoms with Crippen molar-refractivity contribution in [3.05, 3.63) is 20.2 Å². The van der Waals surface area contributed by atoms with Crippen molar-refractivity contribution in [1.82, 2.24) is 10.0 Å². The molecule has 5 aliphatic heterocycles. The summed E-state index contributed by atoms with van der Waals surface area (Å²) in [5, 5.41) is 21.9. The molecule has 0 aromatic heterocycles. The molecule has 0 N–H and O–H groups in total. The largest absolute Gasteiger partial charge is 0.314 e. The number of rotatable bonds is 2. The summed E-state index contributed by atoms with van der Waals surface area (Å²) in [5.41, 5.74) is 0. The summed E-state index contributed by atoms with van der Waals surface area (Å²) >= 11 is 0. The molecule has 5 rings (SSSR count). The van der Waals surface area contributed by atoms with Gasteiger partial charge in [-0.05, 0) is 0 Å². The van der Waals surface area contributed by atoms with E-state index in [1.807, 2.05) is 0 Å². The van der Waals surface area contributed by atoms with Gasteiger partial charge in [0.15, 0.2) is 10.1 Å². The molecule has 98 valence electrons. The summed E-state index contributed by atoms with van der Waals surface area (Å²) in [4.78, 5) is 22.0. The molecular formula is C6H6N4O8. The van der Waals surface area contributed by atoms with Gasteiger partial charge in [-0.3, -0.25) is 0 Å². The Kier molecular flexibility index (Phi) is 1.68. The molecule has 0 aromatic rings. The summed E-state index contributed by atoms with van der Waals surface area (Å²) in [6.07, 6.45) is -6.75. The topological polar surface area (TPSA) is 130 Å². The van der Waals surface area contributed by atoms with E-state index in [1.165, 1.54) is 0 Å². The highest BCUT2D eigenvalue weighted by atomic mass is 16.9. The molecule has 5 aliphatic rings. The van der Waals surface area contributed by atoms with E-state index in [-0.39, 0.29) is 0 Å². The van der Waals surface area contributed by atoms with E-state index in [9.17, 15) is 20.2 Å². The molecule has 6 atom stereocenters. The van der Waals surface area contributed by atoms with Gasteiger partial charge in [-0.2, -0.15) is 0 Å². The van der Waals surface area contributed by atoms with Crippen molar-refractivity contribution in [2.24, 2.45) is 0 Å². The number of nitrogens with zero attached hydrogens (tertiary/aromatic N) is 4. The van der Waals surface area contributed by atoms with Crippen LogP contribution in [0.2, 0.25) is 0 Å². The molecule has 5 saturated heterocycles. The Labute approximate surface area is 97.8 Å². The molecule has 12 nitrogen and oxygen atoms in total. The maximum atomic E-state index is 11.0. The number of hydrogen-bond acceptors (Lipinski definition) is 8. The Morgan fingerprint density at radius 2 is 1.00 bits per heavy atom. The lowest BCUT2D eigenvalue weighted by Gasteiger charge is -2.37. The molecule has 0 aliphatic carbocycles. The van der Waals surface area contributed by atoms with Gasteiger partial charge in [-0.25, -0.2) is 20.2 Å². The molecule has 0 radical (unpaired) electrons. The van der Waals surface area contributed by atoms with Crippen molar-refractivity contribution < 1.29 is 29.0 Å². The molecule has 18 heavy (non-hydrogen) atoms. The number of hydrogen-bond donors (Lipinski definition) is 0. The molecule has 0 spiro atoms. The Balaban J connectivity index is 1.83. The molecule has 6 bridgehead atoms.